The summed E-state index contributed by atoms with van der Waals surface area (Å²) in [5.41, 5.74) is 8.71. The highest BCUT2D eigenvalue weighted by atomic mass is 16.1. The van der Waals surface area contributed by atoms with E-state index in [0.717, 1.165) is 6.42 Å². The molecule has 0 radical (unpaired) electrons. The second kappa shape index (κ2) is 6.61. The van der Waals surface area contributed by atoms with Gasteiger partial charge < -0.3 is 11.1 Å². The van der Waals surface area contributed by atoms with Crippen molar-refractivity contribution in [1.82, 2.24) is 5.32 Å². The molecule has 0 bridgehead atoms. The molecule has 1 fully saturated rings. The van der Waals surface area contributed by atoms with E-state index in [1.165, 1.54) is 49.7 Å². The minimum absolute atomic E-state index is 0.000483. The normalized spacial score (nSPS) is 26.1. The molecule has 0 aromatic heterocycles. The number of amides is 1. The zero-order valence-electron chi connectivity index (χ0n) is 12.7. The van der Waals surface area contributed by atoms with E-state index in [1.54, 1.807) is 0 Å². The molecule has 2 unspecified atom stereocenters. The molecule has 21 heavy (non-hydrogen) atoms. The van der Waals surface area contributed by atoms with Crippen LogP contribution in [0.25, 0.3) is 0 Å². The predicted octanol–water partition coefficient (Wildman–Crippen LogP) is 3.09. The van der Waals surface area contributed by atoms with Crippen molar-refractivity contribution in [2.45, 2.75) is 63.5 Å². The summed E-state index contributed by atoms with van der Waals surface area (Å²) in [6, 6.07) is 8.30. The Kier molecular flexibility index (Phi) is 4.59. The van der Waals surface area contributed by atoms with Crippen molar-refractivity contribution in [1.29, 1.82) is 0 Å². The van der Waals surface area contributed by atoms with Crippen LogP contribution >= 0.6 is 0 Å². The number of benzene rings is 1. The first-order valence-corrected chi connectivity index (χ1v) is 8.37. The number of nitrogens with one attached hydrogen (secondary N) is 1. The first-order chi connectivity index (χ1) is 10.2. The number of fused-ring (bicyclic) bond motifs is 1. The van der Waals surface area contributed by atoms with Gasteiger partial charge in [0.1, 0.15) is 0 Å². The summed E-state index contributed by atoms with van der Waals surface area (Å²) in [5.74, 6) is 0.749. The zero-order valence-corrected chi connectivity index (χ0v) is 12.7. The van der Waals surface area contributed by atoms with Gasteiger partial charge in [0.15, 0.2) is 0 Å². The minimum Gasteiger partial charge on any atom is -0.348 e. The Labute approximate surface area is 127 Å². The lowest BCUT2D eigenvalue weighted by Gasteiger charge is -2.21. The van der Waals surface area contributed by atoms with Gasteiger partial charge in [-0.05, 0) is 36.3 Å². The maximum atomic E-state index is 12.4. The molecule has 0 aliphatic heterocycles. The van der Waals surface area contributed by atoms with Crippen molar-refractivity contribution >= 4 is 5.91 Å². The molecule has 0 heterocycles. The highest BCUT2D eigenvalue weighted by Crippen LogP contribution is 2.31. The second-order valence-corrected chi connectivity index (χ2v) is 6.67. The Morgan fingerprint density at radius 1 is 1.14 bits per heavy atom. The van der Waals surface area contributed by atoms with Crippen molar-refractivity contribution in [3.63, 3.8) is 0 Å². The van der Waals surface area contributed by atoms with Crippen LogP contribution < -0.4 is 11.1 Å². The average Bonchev–Trinajstić information content (AvgIpc) is 2.66. The monoisotopic (exact) mass is 286 g/mol. The molecule has 0 saturated heterocycles. The van der Waals surface area contributed by atoms with Gasteiger partial charge in [-0.15, -0.1) is 0 Å². The van der Waals surface area contributed by atoms with E-state index in [0.29, 0.717) is 12.3 Å². The van der Waals surface area contributed by atoms with Crippen LogP contribution in [0.2, 0.25) is 0 Å². The van der Waals surface area contributed by atoms with Gasteiger partial charge in [0.25, 0.3) is 0 Å². The molecule has 1 aromatic carbocycles. The van der Waals surface area contributed by atoms with E-state index in [-0.39, 0.29) is 18.0 Å². The Balaban J connectivity index is 1.59. The van der Waals surface area contributed by atoms with Gasteiger partial charge in [0, 0.05) is 12.5 Å². The van der Waals surface area contributed by atoms with Crippen LogP contribution in [-0.4, -0.2) is 11.9 Å². The Morgan fingerprint density at radius 2 is 1.86 bits per heavy atom. The molecule has 3 N–H and O–H groups in total. The van der Waals surface area contributed by atoms with Gasteiger partial charge in [-0.3, -0.25) is 4.79 Å². The maximum absolute atomic E-state index is 12.4. The summed E-state index contributed by atoms with van der Waals surface area (Å²) in [5, 5.41) is 3.19. The van der Waals surface area contributed by atoms with Crippen LogP contribution in [0.4, 0.5) is 0 Å². The van der Waals surface area contributed by atoms with Gasteiger partial charge in [0.2, 0.25) is 5.91 Å². The van der Waals surface area contributed by atoms with Crippen LogP contribution in [0.5, 0.6) is 0 Å². The van der Waals surface area contributed by atoms with Gasteiger partial charge in [0.05, 0.1) is 6.04 Å². The first-order valence-electron chi connectivity index (χ1n) is 8.37. The van der Waals surface area contributed by atoms with Crippen LogP contribution in [0, 0.1) is 5.92 Å². The summed E-state index contributed by atoms with van der Waals surface area (Å²) in [7, 11) is 0. The van der Waals surface area contributed by atoms with E-state index in [1.807, 2.05) is 12.1 Å². The summed E-state index contributed by atoms with van der Waals surface area (Å²) in [4.78, 5) is 12.4. The smallest absolute Gasteiger partial charge is 0.220 e. The number of nitrogens with two attached hydrogens (primary N) is 1. The summed E-state index contributed by atoms with van der Waals surface area (Å²) in [6.07, 6.45) is 9.18. The van der Waals surface area contributed by atoms with Crippen molar-refractivity contribution in [2.75, 3.05) is 0 Å². The quantitative estimate of drug-likeness (QED) is 0.839. The fourth-order valence-electron chi connectivity index (χ4n) is 3.87. The van der Waals surface area contributed by atoms with Crippen LogP contribution in [-0.2, 0) is 11.2 Å². The summed E-state index contributed by atoms with van der Waals surface area (Å²) in [6.45, 7) is 0. The third-order valence-corrected chi connectivity index (χ3v) is 5.04. The lowest BCUT2D eigenvalue weighted by molar-refractivity contribution is -0.123. The maximum Gasteiger partial charge on any atom is 0.220 e. The number of hydrogen-bond acceptors (Lipinski definition) is 2. The topological polar surface area (TPSA) is 55.1 Å². The van der Waals surface area contributed by atoms with Gasteiger partial charge in [-0.2, -0.15) is 0 Å². The van der Waals surface area contributed by atoms with Gasteiger partial charge in [-0.1, -0.05) is 49.9 Å². The first kappa shape index (κ1) is 14.6. The number of carbonyl (C=O) groups is 1. The predicted molar refractivity (Wildman–Crippen MR) is 84.8 cm³/mol. The standard InChI is InChI=1S/C18H26N2O/c19-16-12-14-9-5-6-10-15(14)18(16)20-17(21)11-13-7-3-1-2-4-8-13/h5-6,9-10,13,16,18H,1-4,7-8,11-12,19H2,(H,20,21). The molecule has 3 rings (SSSR count). The van der Waals surface area contributed by atoms with Crippen LogP contribution in [0.1, 0.15) is 62.1 Å². The molecular weight excluding hydrogens is 260 g/mol. The molecule has 114 valence electrons. The van der Waals surface area contributed by atoms with E-state index in [4.69, 9.17) is 5.73 Å². The molecule has 1 saturated carbocycles. The summed E-state index contributed by atoms with van der Waals surface area (Å²) < 4.78 is 0. The average molecular weight is 286 g/mol. The molecule has 1 aromatic rings. The summed E-state index contributed by atoms with van der Waals surface area (Å²) >= 11 is 0. The molecule has 3 nitrogen and oxygen atoms in total. The molecule has 0 spiro atoms. The van der Waals surface area contributed by atoms with Crippen molar-refractivity contribution < 1.29 is 4.79 Å². The van der Waals surface area contributed by atoms with Crippen molar-refractivity contribution in [3.8, 4) is 0 Å². The lowest BCUT2D eigenvalue weighted by Crippen LogP contribution is -2.39. The van der Waals surface area contributed by atoms with E-state index in [9.17, 15) is 4.79 Å². The Hall–Kier alpha value is -1.35. The Bertz CT molecular complexity index is 492. The molecule has 1 amide bonds. The minimum atomic E-state index is -0.000483. The molecular formula is C18H26N2O. The molecule has 2 aliphatic rings. The highest BCUT2D eigenvalue weighted by Gasteiger charge is 2.31. The fraction of sp³-hybridized carbons (Fsp3) is 0.611. The largest absolute Gasteiger partial charge is 0.348 e. The van der Waals surface area contributed by atoms with E-state index >= 15 is 0 Å². The molecule has 2 aliphatic carbocycles. The third-order valence-electron chi connectivity index (χ3n) is 5.04. The van der Waals surface area contributed by atoms with Crippen LogP contribution in [0.15, 0.2) is 24.3 Å². The fourth-order valence-corrected chi connectivity index (χ4v) is 3.87. The number of hydrogen-bond donors (Lipinski definition) is 2. The molecule has 2 atom stereocenters. The van der Waals surface area contributed by atoms with Crippen molar-refractivity contribution in [2.24, 2.45) is 11.7 Å². The van der Waals surface area contributed by atoms with Gasteiger partial charge in [-0.25, -0.2) is 0 Å². The molecule has 3 heteroatoms. The Morgan fingerprint density at radius 3 is 2.62 bits per heavy atom. The van der Waals surface area contributed by atoms with E-state index in [2.05, 4.69) is 17.4 Å². The number of rotatable bonds is 3. The zero-order chi connectivity index (χ0) is 14.7. The van der Waals surface area contributed by atoms with Gasteiger partial charge >= 0.3 is 0 Å². The van der Waals surface area contributed by atoms with Crippen molar-refractivity contribution in [3.05, 3.63) is 35.4 Å². The lowest BCUT2D eigenvalue weighted by atomic mass is 9.96. The third kappa shape index (κ3) is 3.46. The van der Waals surface area contributed by atoms with E-state index < -0.39 is 0 Å². The second-order valence-electron chi connectivity index (χ2n) is 6.67. The van der Waals surface area contributed by atoms with Crippen LogP contribution in [0.3, 0.4) is 0 Å². The SMILES string of the molecule is NC1Cc2ccccc2C1NC(=O)CC1CCCCCC1. The number of carbonyl (C=O) groups excluding carboxylic acids is 1. The highest BCUT2D eigenvalue weighted by molar-refractivity contribution is 5.77.